The number of fused-ring (bicyclic) bond motifs is 7. The van der Waals surface area contributed by atoms with Gasteiger partial charge in [-0.3, -0.25) is 0 Å². The molecule has 11 aromatic rings. The Hall–Kier alpha value is -7.02. The molecule has 0 unspecified atom stereocenters. The van der Waals surface area contributed by atoms with Crippen molar-refractivity contribution in [2.24, 2.45) is 0 Å². The average molecular weight is 683 g/mol. The topological polar surface area (TPSA) is 0 Å². The average Bonchev–Trinajstić information content (AvgIpc) is 3.25. The smallest absolute Gasteiger partial charge is 0.00199 e. The van der Waals surface area contributed by atoms with Gasteiger partial charge in [-0.25, -0.2) is 0 Å². The second-order valence-electron chi connectivity index (χ2n) is 14.4. The third-order valence-corrected chi connectivity index (χ3v) is 11.4. The zero-order valence-corrected chi connectivity index (χ0v) is 29.6. The van der Waals surface area contributed by atoms with Crippen molar-refractivity contribution >= 4 is 64.6 Å². The van der Waals surface area contributed by atoms with Crippen LogP contribution in [0.3, 0.4) is 0 Å². The lowest BCUT2D eigenvalue weighted by Crippen LogP contribution is -1.93. The minimum absolute atomic E-state index is 1.21. The fourth-order valence-corrected chi connectivity index (χ4v) is 8.88. The maximum absolute atomic E-state index is 2.45. The third-order valence-electron chi connectivity index (χ3n) is 11.4. The van der Waals surface area contributed by atoms with E-state index in [1.807, 2.05) is 0 Å². The van der Waals surface area contributed by atoms with Crippen LogP contribution in [0, 0.1) is 0 Å². The summed E-state index contributed by atoms with van der Waals surface area (Å²) in [7, 11) is 0. The molecule has 0 aliphatic heterocycles. The molecule has 0 fully saturated rings. The monoisotopic (exact) mass is 682 g/mol. The molecule has 0 nitrogen and oxygen atoms in total. The molecule has 11 rings (SSSR count). The quantitative estimate of drug-likeness (QED) is 0.128. The van der Waals surface area contributed by atoms with Gasteiger partial charge in [-0.05, 0) is 127 Å². The maximum atomic E-state index is 2.45. The van der Waals surface area contributed by atoms with Crippen LogP contribution in [0.5, 0.6) is 0 Å². The standard InChI is InChI=1S/C54H34/c1-2-14-39-32-40(29-26-35(39)12-1)36-24-27-38(28-25-36)53-48-21-9-10-22-49(48)54(51-33-41-15-4-6-18-45(41)46-19-7-8-20-47(46)51)50-31-30-42(34-52(50)53)44-23-11-16-37-13-3-5-17-43(37)44/h1-34H. The molecule has 0 saturated carbocycles. The highest BCUT2D eigenvalue weighted by atomic mass is 14.2. The van der Waals surface area contributed by atoms with E-state index >= 15 is 0 Å². The Morgan fingerprint density at radius 3 is 1.52 bits per heavy atom. The van der Waals surface area contributed by atoms with Gasteiger partial charge < -0.3 is 0 Å². The van der Waals surface area contributed by atoms with Crippen molar-refractivity contribution in [2.45, 2.75) is 0 Å². The molecule has 0 radical (unpaired) electrons. The molecule has 0 N–H and O–H groups in total. The molecular weight excluding hydrogens is 649 g/mol. The van der Waals surface area contributed by atoms with Gasteiger partial charge in [0, 0.05) is 0 Å². The molecule has 0 heterocycles. The largest absolute Gasteiger partial charge is 0.0616 e. The van der Waals surface area contributed by atoms with Crippen LogP contribution in [0.4, 0.5) is 0 Å². The van der Waals surface area contributed by atoms with Gasteiger partial charge in [-0.15, -0.1) is 0 Å². The summed E-state index contributed by atoms with van der Waals surface area (Å²) >= 11 is 0. The Kier molecular flexibility index (Phi) is 6.97. The SMILES string of the molecule is c1ccc2cc(-c3ccc(-c4c5ccccc5c(-c5cc6ccccc6c6ccccc56)c5ccc(-c6cccc7ccccc67)cc45)cc3)ccc2c1. The molecule has 0 spiro atoms. The molecule has 0 heteroatoms. The van der Waals surface area contributed by atoms with E-state index in [0.29, 0.717) is 0 Å². The number of hydrogen-bond acceptors (Lipinski definition) is 0. The fraction of sp³-hybridized carbons (Fsp3) is 0. The predicted molar refractivity (Wildman–Crippen MR) is 233 cm³/mol. The van der Waals surface area contributed by atoms with Gasteiger partial charge >= 0.3 is 0 Å². The van der Waals surface area contributed by atoms with Crippen LogP contribution >= 0.6 is 0 Å². The molecule has 0 saturated heterocycles. The van der Waals surface area contributed by atoms with Crippen LogP contribution < -0.4 is 0 Å². The van der Waals surface area contributed by atoms with Crippen molar-refractivity contribution in [3.05, 3.63) is 206 Å². The van der Waals surface area contributed by atoms with E-state index in [2.05, 4.69) is 206 Å². The number of benzene rings is 11. The van der Waals surface area contributed by atoms with Gasteiger partial charge in [0.05, 0.1) is 0 Å². The van der Waals surface area contributed by atoms with Crippen LogP contribution in [0.2, 0.25) is 0 Å². The van der Waals surface area contributed by atoms with E-state index in [4.69, 9.17) is 0 Å². The van der Waals surface area contributed by atoms with E-state index in [-0.39, 0.29) is 0 Å². The number of rotatable bonds is 4. The van der Waals surface area contributed by atoms with E-state index in [1.165, 1.54) is 109 Å². The molecular formula is C54H34. The second kappa shape index (κ2) is 12.3. The minimum Gasteiger partial charge on any atom is -0.0616 e. The van der Waals surface area contributed by atoms with Gasteiger partial charge in [0.25, 0.3) is 0 Å². The molecule has 0 atom stereocenters. The van der Waals surface area contributed by atoms with Crippen LogP contribution in [-0.2, 0) is 0 Å². The van der Waals surface area contributed by atoms with Crippen LogP contribution in [0.15, 0.2) is 206 Å². The number of hydrogen-bond donors (Lipinski definition) is 0. The molecule has 0 bridgehead atoms. The molecule has 0 aliphatic rings. The summed E-state index contributed by atoms with van der Waals surface area (Å²) in [4.78, 5) is 0. The first-order valence-electron chi connectivity index (χ1n) is 18.8. The van der Waals surface area contributed by atoms with Gasteiger partial charge in [-0.1, -0.05) is 188 Å². The summed E-state index contributed by atoms with van der Waals surface area (Å²) < 4.78 is 0. The summed E-state index contributed by atoms with van der Waals surface area (Å²) in [5.74, 6) is 0. The lowest BCUT2D eigenvalue weighted by molar-refractivity contribution is 1.63. The molecule has 11 aromatic carbocycles. The lowest BCUT2D eigenvalue weighted by atomic mass is 9.82. The third kappa shape index (κ3) is 4.85. The van der Waals surface area contributed by atoms with Crippen LogP contribution in [-0.4, -0.2) is 0 Å². The highest BCUT2D eigenvalue weighted by Crippen LogP contribution is 2.48. The molecule has 250 valence electrons. The molecule has 0 aliphatic carbocycles. The predicted octanol–water partition coefficient (Wildman–Crippen LogP) is 15.3. The highest BCUT2D eigenvalue weighted by molar-refractivity contribution is 6.26. The Labute approximate surface area is 314 Å². The summed E-state index contributed by atoms with van der Waals surface area (Å²) in [5.41, 5.74) is 9.94. The second-order valence-corrected chi connectivity index (χ2v) is 14.4. The first kappa shape index (κ1) is 30.6. The Morgan fingerprint density at radius 1 is 0.185 bits per heavy atom. The van der Waals surface area contributed by atoms with Gasteiger partial charge in [-0.2, -0.15) is 0 Å². The fourth-order valence-electron chi connectivity index (χ4n) is 8.88. The molecule has 54 heavy (non-hydrogen) atoms. The minimum atomic E-state index is 1.21. The zero-order chi connectivity index (χ0) is 35.6. The van der Waals surface area contributed by atoms with Gasteiger partial charge in [0.15, 0.2) is 0 Å². The van der Waals surface area contributed by atoms with Crippen LogP contribution in [0.1, 0.15) is 0 Å². The first-order valence-corrected chi connectivity index (χ1v) is 18.8. The zero-order valence-electron chi connectivity index (χ0n) is 29.6. The van der Waals surface area contributed by atoms with Gasteiger partial charge in [0.1, 0.15) is 0 Å². The summed E-state index contributed by atoms with van der Waals surface area (Å²) in [5, 5.41) is 15.2. The normalized spacial score (nSPS) is 11.7. The molecule has 0 amide bonds. The summed E-state index contributed by atoms with van der Waals surface area (Å²) in [6.45, 7) is 0. The van der Waals surface area contributed by atoms with Crippen molar-refractivity contribution in [2.75, 3.05) is 0 Å². The summed E-state index contributed by atoms with van der Waals surface area (Å²) in [6.07, 6.45) is 0. The van der Waals surface area contributed by atoms with E-state index in [1.54, 1.807) is 0 Å². The summed E-state index contributed by atoms with van der Waals surface area (Å²) in [6, 6.07) is 76.2. The van der Waals surface area contributed by atoms with Crippen molar-refractivity contribution in [1.29, 1.82) is 0 Å². The van der Waals surface area contributed by atoms with Crippen LogP contribution in [0.25, 0.3) is 109 Å². The van der Waals surface area contributed by atoms with Crippen molar-refractivity contribution in [1.82, 2.24) is 0 Å². The van der Waals surface area contributed by atoms with Gasteiger partial charge in [0.2, 0.25) is 0 Å². The Balaban J connectivity index is 1.22. The van der Waals surface area contributed by atoms with E-state index < -0.39 is 0 Å². The first-order chi connectivity index (χ1) is 26.8. The molecule has 0 aromatic heterocycles. The van der Waals surface area contributed by atoms with E-state index in [0.717, 1.165) is 0 Å². The van der Waals surface area contributed by atoms with Crippen molar-refractivity contribution < 1.29 is 0 Å². The van der Waals surface area contributed by atoms with E-state index in [9.17, 15) is 0 Å². The maximum Gasteiger partial charge on any atom is -0.00199 e. The van der Waals surface area contributed by atoms with Crippen molar-refractivity contribution in [3.8, 4) is 44.5 Å². The van der Waals surface area contributed by atoms with Crippen molar-refractivity contribution in [3.63, 3.8) is 0 Å². The highest BCUT2D eigenvalue weighted by Gasteiger charge is 2.20. The Bertz CT molecular complexity index is 3250. The lowest BCUT2D eigenvalue weighted by Gasteiger charge is -2.21. The Morgan fingerprint density at radius 2 is 0.722 bits per heavy atom.